The molecule has 0 aliphatic carbocycles. The standard InChI is InChI=1S/C7H10ClNO.ClH/c1-9-4-2-3-6(5-9)7(8)10;/h3H,2,4-5H2,1H3;1H. The van der Waals surface area contributed by atoms with E-state index in [1.807, 2.05) is 13.1 Å². The molecule has 0 fully saturated rings. The highest BCUT2D eigenvalue weighted by molar-refractivity contribution is 6.67. The number of hydrogen-bond donors (Lipinski definition) is 0. The molecule has 1 aliphatic rings. The van der Waals surface area contributed by atoms with Crippen molar-refractivity contribution in [1.82, 2.24) is 4.90 Å². The lowest BCUT2D eigenvalue weighted by atomic mass is 10.1. The quantitative estimate of drug-likeness (QED) is 0.591. The number of carbonyl (C=O) groups excluding carboxylic acids is 1. The maximum atomic E-state index is 10.6. The van der Waals surface area contributed by atoms with Crippen LogP contribution in [0.25, 0.3) is 0 Å². The Kier molecular flexibility index (Phi) is 4.73. The minimum absolute atomic E-state index is 0. The minimum Gasteiger partial charge on any atom is -0.302 e. The molecule has 11 heavy (non-hydrogen) atoms. The molecule has 1 heterocycles. The van der Waals surface area contributed by atoms with Crippen molar-refractivity contribution in [3.63, 3.8) is 0 Å². The summed E-state index contributed by atoms with van der Waals surface area (Å²) >= 11 is 5.29. The maximum absolute atomic E-state index is 10.6. The van der Waals surface area contributed by atoms with Crippen molar-refractivity contribution in [3.05, 3.63) is 11.6 Å². The predicted molar refractivity (Wildman–Crippen MR) is 48.3 cm³/mol. The highest BCUT2D eigenvalue weighted by Gasteiger charge is 2.12. The third kappa shape index (κ3) is 3.23. The normalized spacial score (nSPS) is 18.5. The fourth-order valence-corrected chi connectivity index (χ4v) is 1.17. The number of carbonyl (C=O) groups is 1. The second-order valence-electron chi connectivity index (χ2n) is 2.53. The third-order valence-corrected chi connectivity index (χ3v) is 1.84. The molecular formula is C7H11Cl2NO. The van der Waals surface area contributed by atoms with Gasteiger partial charge in [-0.15, -0.1) is 12.4 Å². The summed E-state index contributed by atoms with van der Waals surface area (Å²) in [5.74, 6) is 0. The molecule has 1 aliphatic heterocycles. The Bertz CT molecular complexity index is 179. The van der Waals surface area contributed by atoms with Gasteiger partial charge in [0.15, 0.2) is 0 Å². The first kappa shape index (κ1) is 11.0. The number of likely N-dealkylation sites (N-methyl/N-ethyl adjacent to an activating group) is 1. The summed E-state index contributed by atoms with van der Waals surface area (Å²) in [4.78, 5) is 12.7. The van der Waals surface area contributed by atoms with Gasteiger partial charge in [-0.2, -0.15) is 0 Å². The van der Waals surface area contributed by atoms with Gasteiger partial charge in [-0.05, 0) is 25.1 Å². The van der Waals surface area contributed by atoms with Gasteiger partial charge in [0.25, 0.3) is 0 Å². The van der Waals surface area contributed by atoms with Gasteiger partial charge in [-0.1, -0.05) is 6.08 Å². The number of rotatable bonds is 1. The van der Waals surface area contributed by atoms with Crippen LogP contribution in [0.2, 0.25) is 0 Å². The molecule has 0 saturated carbocycles. The van der Waals surface area contributed by atoms with Crippen molar-refractivity contribution in [3.8, 4) is 0 Å². The Labute approximate surface area is 77.6 Å². The molecule has 0 aromatic heterocycles. The summed E-state index contributed by atoms with van der Waals surface area (Å²) in [6.45, 7) is 1.72. The van der Waals surface area contributed by atoms with Gasteiger partial charge >= 0.3 is 0 Å². The van der Waals surface area contributed by atoms with Crippen LogP contribution >= 0.6 is 24.0 Å². The van der Waals surface area contributed by atoms with Crippen molar-refractivity contribution < 1.29 is 4.79 Å². The molecule has 2 nitrogen and oxygen atoms in total. The van der Waals surface area contributed by atoms with E-state index < -0.39 is 0 Å². The molecule has 0 saturated heterocycles. The summed E-state index contributed by atoms with van der Waals surface area (Å²) in [5.41, 5.74) is 0.732. The van der Waals surface area contributed by atoms with Crippen LogP contribution in [0.3, 0.4) is 0 Å². The molecule has 0 bridgehead atoms. The fourth-order valence-electron chi connectivity index (χ4n) is 1.04. The average molecular weight is 196 g/mol. The average Bonchev–Trinajstić information content (AvgIpc) is 1.88. The van der Waals surface area contributed by atoms with Crippen LogP contribution in [0.15, 0.2) is 11.6 Å². The molecule has 0 aromatic carbocycles. The van der Waals surface area contributed by atoms with Gasteiger partial charge in [-0.3, -0.25) is 4.79 Å². The van der Waals surface area contributed by atoms with Gasteiger partial charge in [0, 0.05) is 18.7 Å². The van der Waals surface area contributed by atoms with Gasteiger partial charge in [0.2, 0.25) is 5.24 Å². The van der Waals surface area contributed by atoms with Gasteiger partial charge in [0.1, 0.15) is 0 Å². The van der Waals surface area contributed by atoms with Crippen LogP contribution in [0.1, 0.15) is 6.42 Å². The van der Waals surface area contributed by atoms with Crippen molar-refractivity contribution >= 4 is 29.3 Å². The van der Waals surface area contributed by atoms with Gasteiger partial charge in [-0.25, -0.2) is 0 Å². The lowest BCUT2D eigenvalue weighted by molar-refractivity contribution is -0.108. The molecule has 1 rings (SSSR count). The van der Waals surface area contributed by atoms with Crippen LogP contribution < -0.4 is 0 Å². The van der Waals surface area contributed by atoms with E-state index >= 15 is 0 Å². The second kappa shape index (κ2) is 4.75. The molecule has 0 spiro atoms. The maximum Gasteiger partial charge on any atom is 0.249 e. The van der Waals surface area contributed by atoms with Crippen molar-refractivity contribution in [2.45, 2.75) is 6.42 Å². The Morgan fingerprint density at radius 2 is 2.36 bits per heavy atom. The molecule has 0 atom stereocenters. The van der Waals surface area contributed by atoms with E-state index in [0.29, 0.717) is 6.54 Å². The lowest BCUT2D eigenvalue weighted by Crippen LogP contribution is -2.27. The van der Waals surface area contributed by atoms with Crippen LogP contribution in [-0.2, 0) is 4.79 Å². The van der Waals surface area contributed by atoms with Crippen LogP contribution in [0.5, 0.6) is 0 Å². The summed E-state index contributed by atoms with van der Waals surface area (Å²) < 4.78 is 0. The Hall–Kier alpha value is -0.0500. The van der Waals surface area contributed by atoms with Crippen LogP contribution in [0.4, 0.5) is 0 Å². The zero-order valence-corrected chi connectivity index (χ0v) is 7.91. The monoisotopic (exact) mass is 195 g/mol. The Morgan fingerprint density at radius 3 is 2.73 bits per heavy atom. The Balaban J connectivity index is 0.000001000. The van der Waals surface area contributed by atoms with E-state index in [4.69, 9.17) is 11.6 Å². The van der Waals surface area contributed by atoms with E-state index in [1.54, 1.807) is 0 Å². The highest BCUT2D eigenvalue weighted by atomic mass is 35.5. The molecule has 0 unspecified atom stereocenters. The van der Waals surface area contributed by atoms with E-state index in [-0.39, 0.29) is 17.6 Å². The first-order valence-electron chi connectivity index (χ1n) is 3.27. The fraction of sp³-hybridized carbons (Fsp3) is 0.571. The smallest absolute Gasteiger partial charge is 0.249 e. The third-order valence-electron chi connectivity index (χ3n) is 1.59. The minimum atomic E-state index is -0.313. The largest absolute Gasteiger partial charge is 0.302 e. The number of hydrogen-bond acceptors (Lipinski definition) is 2. The topological polar surface area (TPSA) is 20.3 Å². The molecule has 64 valence electrons. The first-order chi connectivity index (χ1) is 4.70. The second-order valence-corrected chi connectivity index (χ2v) is 2.87. The zero-order valence-electron chi connectivity index (χ0n) is 6.34. The zero-order chi connectivity index (χ0) is 7.56. The summed E-state index contributed by atoms with van der Waals surface area (Å²) in [6, 6.07) is 0. The van der Waals surface area contributed by atoms with E-state index in [9.17, 15) is 4.79 Å². The summed E-state index contributed by atoms with van der Waals surface area (Å²) in [6.07, 6.45) is 2.85. The lowest BCUT2D eigenvalue weighted by Gasteiger charge is -2.20. The van der Waals surface area contributed by atoms with E-state index in [1.165, 1.54) is 0 Å². The number of halogens is 2. The molecule has 0 radical (unpaired) electrons. The van der Waals surface area contributed by atoms with Gasteiger partial charge < -0.3 is 4.90 Å². The predicted octanol–water partition coefficient (Wildman–Crippen LogP) is 1.44. The van der Waals surface area contributed by atoms with Crippen molar-refractivity contribution in [2.75, 3.05) is 20.1 Å². The SMILES string of the molecule is CN1CCC=C(C(=O)Cl)C1.Cl. The number of nitrogens with zero attached hydrogens (tertiary/aromatic N) is 1. The summed E-state index contributed by atoms with van der Waals surface area (Å²) in [5, 5.41) is -0.313. The molecule has 4 heteroatoms. The van der Waals surface area contributed by atoms with E-state index in [2.05, 4.69) is 4.90 Å². The first-order valence-corrected chi connectivity index (χ1v) is 3.65. The van der Waals surface area contributed by atoms with Gasteiger partial charge in [0.05, 0.1) is 0 Å². The van der Waals surface area contributed by atoms with Crippen molar-refractivity contribution in [1.29, 1.82) is 0 Å². The van der Waals surface area contributed by atoms with E-state index in [0.717, 1.165) is 18.5 Å². The molecule has 0 amide bonds. The molecular weight excluding hydrogens is 185 g/mol. The molecule has 0 N–H and O–H groups in total. The summed E-state index contributed by atoms with van der Waals surface area (Å²) in [7, 11) is 1.98. The molecule has 0 aromatic rings. The Morgan fingerprint density at radius 1 is 1.73 bits per heavy atom. The van der Waals surface area contributed by atoms with Crippen molar-refractivity contribution in [2.24, 2.45) is 0 Å². The van der Waals surface area contributed by atoms with Crippen LogP contribution in [-0.4, -0.2) is 30.3 Å². The van der Waals surface area contributed by atoms with Crippen LogP contribution in [0, 0.1) is 0 Å². The highest BCUT2D eigenvalue weighted by Crippen LogP contribution is 2.09.